The van der Waals surface area contributed by atoms with Gasteiger partial charge in [-0.15, -0.1) is 13.2 Å². The lowest BCUT2D eigenvalue weighted by Gasteiger charge is -2.10. The predicted octanol–water partition coefficient (Wildman–Crippen LogP) is 3.12. The summed E-state index contributed by atoms with van der Waals surface area (Å²) in [5.74, 6) is -0.690. The number of aromatic nitrogens is 1. The first kappa shape index (κ1) is 12.3. The van der Waals surface area contributed by atoms with E-state index < -0.39 is 22.9 Å². The standard InChI is InChI=1S/C7H2BrClF3NO2/c8-5-1-4(15-7(10,11)12)3(2-13-5)6(9)14/h1-2H. The first-order valence-corrected chi connectivity index (χ1v) is 4.58. The monoisotopic (exact) mass is 303 g/mol. The lowest BCUT2D eigenvalue weighted by Crippen LogP contribution is -2.18. The molecule has 0 aliphatic rings. The fraction of sp³-hybridized carbons (Fsp3) is 0.143. The Morgan fingerprint density at radius 2 is 2.13 bits per heavy atom. The molecule has 0 aromatic carbocycles. The van der Waals surface area contributed by atoms with Crippen molar-refractivity contribution in [3.63, 3.8) is 0 Å². The summed E-state index contributed by atoms with van der Waals surface area (Å²) in [5, 5.41) is -1.07. The Morgan fingerprint density at radius 3 is 2.60 bits per heavy atom. The smallest absolute Gasteiger partial charge is 0.405 e. The summed E-state index contributed by atoms with van der Waals surface area (Å²) < 4.78 is 39.4. The number of rotatable bonds is 2. The molecule has 0 aliphatic heterocycles. The van der Waals surface area contributed by atoms with Crippen LogP contribution in [-0.2, 0) is 0 Å². The van der Waals surface area contributed by atoms with Crippen molar-refractivity contribution in [3.05, 3.63) is 22.4 Å². The van der Waals surface area contributed by atoms with Crippen LogP contribution in [0.5, 0.6) is 5.75 Å². The number of pyridine rings is 1. The van der Waals surface area contributed by atoms with Crippen molar-refractivity contribution in [2.75, 3.05) is 0 Å². The maximum Gasteiger partial charge on any atom is 0.573 e. The zero-order valence-electron chi connectivity index (χ0n) is 6.81. The predicted molar refractivity (Wildman–Crippen MR) is 48.8 cm³/mol. The fourth-order valence-corrected chi connectivity index (χ4v) is 1.22. The molecule has 0 radical (unpaired) electrons. The summed E-state index contributed by atoms with van der Waals surface area (Å²) in [6, 6.07) is 0.906. The van der Waals surface area contributed by atoms with Crippen LogP contribution in [0.4, 0.5) is 13.2 Å². The topological polar surface area (TPSA) is 39.2 Å². The van der Waals surface area contributed by atoms with Gasteiger partial charge in [0.2, 0.25) is 0 Å². The molecule has 0 aliphatic carbocycles. The number of hydrogen-bond donors (Lipinski definition) is 0. The molecule has 0 N–H and O–H groups in total. The van der Waals surface area contributed by atoms with E-state index in [1.807, 2.05) is 0 Å². The molecule has 0 spiro atoms. The van der Waals surface area contributed by atoms with Crippen LogP contribution in [0.2, 0.25) is 0 Å². The van der Waals surface area contributed by atoms with E-state index in [2.05, 4.69) is 25.7 Å². The molecule has 1 rings (SSSR count). The Bertz CT molecular complexity index is 396. The highest BCUT2D eigenvalue weighted by Gasteiger charge is 2.33. The summed E-state index contributed by atoms with van der Waals surface area (Å²) >= 11 is 7.89. The van der Waals surface area contributed by atoms with Gasteiger partial charge in [0.25, 0.3) is 5.24 Å². The highest BCUT2D eigenvalue weighted by atomic mass is 79.9. The van der Waals surface area contributed by atoms with Crippen LogP contribution in [0.3, 0.4) is 0 Å². The highest BCUT2D eigenvalue weighted by Crippen LogP contribution is 2.28. The number of carbonyl (C=O) groups excluding carboxylic acids is 1. The summed E-state index contributed by atoms with van der Waals surface area (Å²) in [6.45, 7) is 0. The minimum atomic E-state index is -4.89. The molecule has 8 heteroatoms. The van der Waals surface area contributed by atoms with Crippen LogP contribution in [-0.4, -0.2) is 16.6 Å². The Kier molecular flexibility index (Phi) is 3.56. The molecule has 82 valence electrons. The average Bonchev–Trinajstić information content (AvgIpc) is 1.99. The van der Waals surface area contributed by atoms with Crippen molar-refractivity contribution >= 4 is 32.8 Å². The van der Waals surface area contributed by atoms with Crippen molar-refractivity contribution in [2.45, 2.75) is 6.36 Å². The van der Waals surface area contributed by atoms with Gasteiger partial charge in [0, 0.05) is 12.3 Å². The molecule has 1 aromatic rings. The van der Waals surface area contributed by atoms with Crippen LogP contribution >= 0.6 is 27.5 Å². The lowest BCUT2D eigenvalue weighted by molar-refractivity contribution is -0.274. The number of alkyl halides is 3. The lowest BCUT2D eigenvalue weighted by atomic mass is 10.3. The van der Waals surface area contributed by atoms with Crippen LogP contribution in [0.25, 0.3) is 0 Å². The molecule has 0 bridgehead atoms. The van der Waals surface area contributed by atoms with Gasteiger partial charge in [-0.25, -0.2) is 4.98 Å². The number of carbonyl (C=O) groups is 1. The van der Waals surface area contributed by atoms with Crippen LogP contribution in [0.15, 0.2) is 16.9 Å². The van der Waals surface area contributed by atoms with Crippen molar-refractivity contribution < 1.29 is 22.7 Å². The minimum absolute atomic E-state index is 0.100. The van der Waals surface area contributed by atoms with E-state index in [9.17, 15) is 18.0 Å². The number of hydrogen-bond acceptors (Lipinski definition) is 3. The van der Waals surface area contributed by atoms with Crippen LogP contribution in [0, 0.1) is 0 Å². The quantitative estimate of drug-likeness (QED) is 0.622. The first-order chi connectivity index (χ1) is 6.79. The Labute approximate surface area is 95.3 Å². The van der Waals surface area contributed by atoms with Gasteiger partial charge in [-0.2, -0.15) is 0 Å². The van der Waals surface area contributed by atoms with Crippen molar-refractivity contribution in [2.24, 2.45) is 0 Å². The molecule has 0 saturated heterocycles. The molecule has 0 unspecified atom stereocenters. The van der Waals surface area contributed by atoms with Gasteiger partial charge in [0.15, 0.2) is 0 Å². The zero-order valence-corrected chi connectivity index (χ0v) is 9.15. The summed E-state index contributed by atoms with van der Waals surface area (Å²) in [4.78, 5) is 14.3. The summed E-state index contributed by atoms with van der Waals surface area (Å²) in [7, 11) is 0. The molecule has 0 amide bonds. The second kappa shape index (κ2) is 4.36. The zero-order chi connectivity index (χ0) is 11.6. The van der Waals surface area contributed by atoms with E-state index in [1.54, 1.807) is 0 Å². The van der Waals surface area contributed by atoms with E-state index in [0.717, 1.165) is 12.3 Å². The van der Waals surface area contributed by atoms with Gasteiger partial charge < -0.3 is 4.74 Å². The van der Waals surface area contributed by atoms with Crippen molar-refractivity contribution in [1.82, 2.24) is 4.98 Å². The summed E-state index contributed by atoms with van der Waals surface area (Å²) in [5.41, 5.74) is -0.447. The Hall–Kier alpha value is -0.820. The third kappa shape index (κ3) is 3.67. The molecular formula is C7H2BrClF3NO2. The average molecular weight is 304 g/mol. The number of ether oxygens (including phenoxy) is 1. The SMILES string of the molecule is O=C(Cl)c1cnc(Br)cc1OC(F)(F)F. The van der Waals surface area contributed by atoms with E-state index in [-0.39, 0.29) is 4.60 Å². The molecule has 3 nitrogen and oxygen atoms in total. The van der Waals surface area contributed by atoms with Crippen molar-refractivity contribution in [1.29, 1.82) is 0 Å². The molecule has 0 saturated carbocycles. The third-order valence-electron chi connectivity index (χ3n) is 1.27. The molecule has 1 aromatic heterocycles. The molecule has 15 heavy (non-hydrogen) atoms. The van der Waals surface area contributed by atoms with E-state index in [0.29, 0.717) is 0 Å². The molecule has 0 fully saturated rings. The molecule has 1 heterocycles. The highest BCUT2D eigenvalue weighted by molar-refractivity contribution is 9.10. The fourth-order valence-electron chi connectivity index (χ4n) is 0.770. The van der Waals surface area contributed by atoms with Gasteiger partial charge in [-0.1, -0.05) is 0 Å². The maximum absolute atomic E-state index is 11.9. The van der Waals surface area contributed by atoms with Crippen LogP contribution in [0.1, 0.15) is 10.4 Å². The second-order valence-corrected chi connectivity index (χ2v) is 3.48. The normalized spacial score (nSPS) is 11.3. The molecular weight excluding hydrogens is 302 g/mol. The van der Waals surface area contributed by atoms with Gasteiger partial charge in [-0.3, -0.25) is 4.79 Å². The van der Waals surface area contributed by atoms with E-state index in [4.69, 9.17) is 11.6 Å². The van der Waals surface area contributed by atoms with Gasteiger partial charge in [0.1, 0.15) is 10.4 Å². The Morgan fingerprint density at radius 1 is 1.53 bits per heavy atom. The number of nitrogens with zero attached hydrogens (tertiary/aromatic N) is 1. The maximum atomic E-state index is 11.9. The van der Waals surface area contributed by atoms with Gasteiger partial charge in [0.05, 0.1) is 5.56 Å². The van der Waals surface area contributed by atoms with E-state index >= 15 is 0 Å². The van der Waals surface area contributed by atoms with Crippen molar-refractivity contribution in [3.8, 4) is 5.75 Å². The van der Waals surface area contributed by atoms with E-state index in [1.165, 1.54) is 0 Å². The minimum Gasteiger partial charge on any atom is -0.405 e. The number of halogens is 5. The van der Waals surface area contributed by atoms with Gasteiger partial charge in [-0.05, 0) is 27.5 Å². The second-order valence-electron chi connectivity index (χ2n) is 2.32. The first-order valence-electron chi connectivity index (χ1n) is 3.41. The third-order valence-corrected chi connectivity index (χ3v) is 1.91. The Balaban J connectivity index is 3.13. The van der Waals surface area contributed by atoms with Gasteiger partial charge >= 0.3 is 6.36 Å². The largest absolute Gasteiger partial charge is 0.573 e. The molecule has 0 atom stereocenters. The van der Waals surface area contributed by atoms with Crippen LogP contribution < -0.4 is 4.74 Å². The summed E-state index contributed by atoms with van der Waals surface area (Å²) in [6.07, 6.45) is -4.00.